The van der Waals surface area contributed by atoms with Gasteiger partial charge in [0.25, 0.3) is 0 Å². The Bertz CT molecular complexity index is 480. The van der Waals surface area contributed by atoms with Crippen LogP contribution < -0.4 is 5.73 Å². The van der Waals surface area contributed by atoms with E-state index in [4.69, 9.17) is 10.3 Å². The fraction of sp³-hybridized carbons (Fsp3) is 0.364. The lowest BCUT2D eigenvalue weighted by Crippen LogP contribution is -2.08. The number of nitrogens with zero attached hydrogens (tertiary/aromatic N) is 3. The van der Waals surface area contributed by atoms with Crippen molar-refractivity contribution in [3.8, 4) is 11.5 Å². The van der Waals surface area contributed by atoms with E-state index < -0.39 is 0 Å². The molecule has 0 saturated carbocycles. The van der Waals surface area contributed by atoms with Gasteiger partial charge >= 0.3 is 0 Å². The fourth-order valence-electron chi connectivity index (χ4n) is 1.38. The van der Waals surface area contributed by atoms with Crippen LogP contribution in [0.3, 0.4) is 0 Å². The van der Waals surface area contributed by atoms with Crippen LogP contribution in [0.25, 0.3) is 11.5 Å². The zero-order valence-corrected chi connectivity index (χ0v) is 9.34. The van der Waals surface area contributed by atoms with Crippen LogP contribution in [0, 0.1) is 6.92 Å². The van der Waals surface area contributed by atoms with E-state index in [0.29, 0.717) is 11.7 Å². The number of aryl methyl sites for hydroxylation is 1. The molecule has 2 rings (SSSR count). The van der Waals surface area contributed by atoms with Gasteiger partial charge in [0, 0.05) is 6.20 Å². The Morgan fingerprint density at radius 3 is 3.00 bits per heavy atom. The lowest BCUT2D eigenvalue weighted by atomic mass is 10.2. The van der Waals surface area contributed by atoms with Crippen molar-refractivity contribution in [2.75, 3.05) is 0 Å². The van der Waals surface area contributed by atoms with Crippen LogP contribution >= 0.6 is 0 Å². The van der Waals surface area contributed by atoms with Crippen molar-refractivity contribution in [3.63, 3.8) is 0 Å². The summed E-state index contributed by atoms with van der Waals surface area (Å²) in [5.41, 5.74) is 7.56. The summed E-state index contributed by atoms with van der Waals surface area (Å²) in [7, 11) is 0. The Morgan fingerprint density at radius 1 is 1.50 bits per heavy atom. The van der Waals surface area contributed by atoms with E-state index in [9.17, 15) is 0 Å². The summed E-state index contributed by atoms with van der Waals surface area (Å²) >= 11 is 0. The zero-order chi connectivity index (χ0) is 11.5. The smallest absolute Gasteiger partial charge is 0.243 e. The van der Waals surface area contributed by atoms with E-state index in [-0.39, 0.29) is 6.04 Å². The number of hydrogen-bond donors (Lipinski definition) is 1. The van der Waals surface area contributed by atoms with Gasteiger partial charge in [-0.2, -0.15) is 4.98 Å². The molecule has 16 heavy (non-hydrogen) atoms. The van der Waals surface area contributed by atoms with Gasteiger partial charge in [-0.1, -0.05) is 18.1 Å². The predicted octanol–water partition coefficient (Wildman–Crippen LogP) is 1.85. The average molecular weight is 218 g/mol. The number of rotatable bonds is 3. The van der Waals surface area contributed by atoms with Crippen molar-refractivity contribution in [1.82, 2.24) is 15.1 Å². The molecule has 2 N–H and O–H groups in total. The molecule has 0 unspecified atom stereocenters. The van der Waals surface area contributed by atoms with Gasteiger partial charge < -0.3 is 10.3 Å². The highest BCUT2D eigenvalue weighted by atomic mass is 16.5. The third kappa shape index (κ3) is 1.94. The fourth-order valence-corrected chi connectivity index (χ4v) is 1.38. The molecule has 0 spiro atoms. The van der Waals surface area contributed by atoms with Crippen molar-refractivity contribution in [2.45, 2.75) is 26.3 Å². The average Bonchev–Trinajstić information content (AvgIpc) is 2.78. The Hall–Kier alpha value is -1.75. The summed E-state index contributed by atoms with van der Waals surface area (Å²) < 4.78 is 5.10. The minimum Gasteiger partial charge on any atom is -0.337 e. The molecular formula is C11H14N4O. The predicted molar refractivity (Wildman–Crippen MR) is 59.5 cm³/mol. The second kappa shape index (κ2) is 4.40. The Labute approximate surface area is 93.7 Å². The molecule has 0 amide bonds. The van der Waals surface area contributed by atoms with Gasteiger partial charge in [-0.25, -0.2) is 0 Å². The van der Waals surface area contributed by atoms with E-state index in [2.05, 4.69) is 15.1 Å². The number of hydrogen-bond acceptors (Lipinski definition) is 5. The highest BCUT2D eigenvalue weighted by molar-refractivity contribution is 5.53. The molecule has 2 aromatic rings. The van der Waals surface area contributed by atoms with Crippen LogP contribution in [-0.2, 0) is 0 Å². The second-order valence-corrected chi connectivity index (χ2v) is 3.64. The second-order valence-electron chi connectivity index (χ2n) is 3.64. The minimum absolute atomic E-state index is 0.203. The van der Waals surface area contributed by atoms with E-state index in [0.717, 1.165) is 17.7 Å². The maximum Gasteiger partial charge on any atom is 0.243 e. The molecule has 0 radical (unpaired) electrons. The number of aromatic nitrogens is 3. The molecule has 5 nitrogen and oxygen atoms in total. The summed E-state index contributed by atoms with van der Waals surface area (Å²) in [6, 6.07) is 3.63. The maximum absolute atomic E-state index is 5.81. The summed E-state index contributed by atoms with van der Waals surface area (Å²) in [5, 5.41) is 3.89. The van der Waals surface area contributed by atoms with Crippen molar-refractivity contribution in [3.05, 3.63) is 29.8 Å². The van der Waals surface area contributed by atoms with Crippen molar-refractivity contribution < 1.29 is 4.52 Å². The third-order valence-electron chi connectivity index (χ3n) is 2.42. The Kier molecular flexibility index (Phi) is 2.96. The molecule has 0 saturated heterocycles. The molecule has 5 heteroatoms. The topological polar surface area (TPSA) is 77.8 Å². The van der Waals surface area contributed by atoms with Gasteiger partial charge in [-0.3, -0.25) is 4.98 Å². The largest absolute Gasteiger partial charge is 0.337 e. The van der Waals surface area contributed by atoms with Gasteiger partial charge in [0.1, 0.15) is 5.69 Å². The molecule has 0 aliphatic carbocycles. The first-order chi connectivity index (χ1) is 7.72. The maximum atomic E-state index is 5.81. The molecule has 0 bridgehead atoms. The van der Waals surface area contributed by atoms with E-state index in [1.165, 1.54) is 0 Å². The molecule has 84 valence electrons. The normalized spacial score (nSPS) is 12.7. The molecule has 2 heterocycles. The monoisotopic (exact) mass is 218 g/mol. The van der Waals surface area contributed by atoms with Crippen LogP contribution in [0.5, 0.6) is 0 Å². The summed E-state index contributed by atoms with van der Waals surface area (Å²) in [5.74, 6) is 0.958. The quantitative estimate of drug-likeness (QED) is 0.850. The van der Waals surface area contributed by atoms with Crippen LogP contribution in [0.15, 0.2) is 22.9 Å². The first kappa shape index (κ1) is 10.8. The van der Waals surface area contributed by atoms with Crippen molar-refractivity contribution in [2.24, 2.45) is 5.73 Å². The molecule has 0 aliphatic heterocycles. The van der Waals surface area contributed by atoms with Crippen LogP contribution in [0.4, 0.5) is 0 Å². The first-order valence-corrected chi connectivity index (χ1v) is 5.23. The summed E-state index contributed by atoms with van der Waals surface area (Å²) in [6.45, 7) is 3.93. The number of nitrogens with two attached hydrogens (primary N) is 1. The molecule has 1 atom stereocenters. The lowest BCUT2D eigenvalue weighted by molar-refractivity contribution is 0.352. The van der Waals surface area contributed by atoms with Crippen molar-refractivity contribution in [1.29, 1.82) is 0 Å². The van der Waals surface area contributed by atoms with Crippen LogP contribution in [-0.4, -0.2) is 15.1 Å². The van der Waals surface area contributed by atoms with Gasteiger partial charge in [0.05, 0.1) is 6.04 Å². The van der Waals surface area contributed by atoms with E-state index in [1.807, 2.05) is 26.0 Å². The van der Waals surface area contributed by atoms with E-state index >= 15 is 0 Å². The third-order valence-corrected chi connectivity index (χ3v) is 2.42. The van der Waals surface area contributed by atoms with Gasteiger partial charge in [-0.15, -0.1) is 0 Å². The van der Waals surface area contributed by atoms with Crippen LogP contribution in [0.2, 0.25) is 0 Å². The first-order valence-electron chi connectivity index (χ1n) is 5.23. The SMILES string of the molecule is CC[C@@H](N)c1nc(-c2ncccc2C)no1. The van der Waals surface area contributed by atoms with Crippen LogP contribution in [0.1, 0.15) is 30.8 Å². The minimum atomic E-state index is -0.203. The number of pyridine rings is 1. The molecule has 0 aromatic carbocycles. The zero-order valence-electron chi connectivity index (χ0n) is 9.34. The molecule has 0 fully saturated rings. The standard InChI is InChI=1S/C11H14N4O/c1-3-8(12)11-14-10(15-16-11)9-7(2)5-4-6-13-9/h4-6,8H,3,12H2,1-2H3/t8-/m1/s1. The van der Waals surface area contributed by atoms with Gasteiger partial charge in [0.15, 0.2) is 0 Å². The summed E-state index contributed by atoms with van der Waals surface area (Å²) in [6.07, 6.45) is 2.47. The molecule has 2 aromatic heterocycles. The van der Waals surface area contributed by atoms with Gasteiger partial charge in [0.2, 0.25) is 11.7 Å². The lowest BCUT2D eigenvalue weighted by Gasteiger charge is -1.99. The van der Waals surface area contributed by atoms with Gasteiger partial charge in [-0.05, 0) is 25.0 Å². The molecular weight excluding hydrogens is 204 g/mol. The van der Waals surface area contributed by atoms with E-state index in [1.54, 1.807) is 6.20 Å². The Balaban J connectivity index is 2.35. The highest BCUT2D eigenvalue weighted by Crippen LogP contribution is 2.19. The summed E-state index contributed by atoms with van der Waals surface area (Å²) in [4.78, 5) is 8.47. The Morgan fingerprint density at radius 2 is 2.31 bits per heavy atom. The van der Waals surface area contributed by atoms with Crippen molar-refractivity contribution >= 4 is 0 Å². The highest BCUT2D eigenvalue weighted by Gasteiger charge is 2.15. The molecule has 0 aliphatic rings.